The number of aliphatic hydroxyl groups excluding tert-OH is 1. The third-order valence-electron chi connectivity index (χ3n) is 17.2. The second-order valence-electron chi connectivity index (χ2n) is 25.9. The van der Waals surface area contributed by atoms with Crippen LogP contribution in [0, 0.1) is 29.6 Å². The lowest BCUT2D eigenvalue weighted by Gasteiger charge is -2.55. The van der Waals surface area contributed by atoms with E-state index in [-0.39, 0.29) is 76.5 Å². The molecule has 1 N–H and O–H groups in total. The smallest absolute Gasteiger partial charge is 0.192 e. The molecule has 0 aromatic carbocycles. The molecule has 0 amide bonds. The molecule has 69 heavy (non-hydrogen) atoms. The predicted molar refractivity (Wildman–Crippen MR) is 289 cm³/mol. The number of carbonyl (C=O) groups is 1. The van der Waals surface area contributed by atoms with Crippen molar-refractivity contribution in [3.8, 4) is 0 Å². The topological polar surface area (TPSA) is 102 Å². The molecule has 4 heterocycles. The Morgan fingerprint density at radius 2 is 1.45 bits per heavy atom. The second kappa shape index (κ2) is 25.8. The summed E-state index contributed by atoms with van der Waals surface area (Å²) >= 11 is 0. The average Bonchev–Trinajstić information content (AvgIpc) is 3.76. The first-order valence-corrected chi connectivity index (χ1v) is 33.2. The summed E-state index contributed by atoms with van der Waals surface area (Å²) in [5, 5.41) is 11.3. The van der Waals surface area contributed by atoms with Gasteiger partial charge in [-0.15, -0.1) is 5.73 Å². The van der Waals surface area contributed by atoms with Crippen LogP contribution in [-0.4, -0.2) is 108 Å². The SMILES string of the molecule is C=C=C(C)C[C@@H](C)CC[C@@H]1OC(CCC(O)/C=C/[C@H](C)[C@@H]2O[C@H]3CC[C@H](CC(=O)C[C@@H]4[C@@H](OC)[C@@H](C[C@@H](C)CC)O[C@H]4CC(C)C)O[C@@H]3[C@H](O[Si](C)(C)C(C)(C)C)[C@@H]2O[Si](C)(C)C(C)(C)C)CC1=C. The summed E-state index contributed by atoms with van der Waals surface area (Å²) in [4.78, 5) is 14.3. The summed E-state index contributed by atoms with van der Waals surface area (Å²) in [7, 11) is -3.01. The Bertz CT molecular complexity index is 1710. The Balaban J connectivity index is 1.54. The number of fused-ring (bicyclic) bond motifs is 1. The van der Waals surface area contributed by atoms with E-state index >= 15 is 0 Å². The predicted octanol–water partition coefficient (Wildman–Crippen LogP) is 13.9. The fourth-order valence-electron chi connectivity index (χ4n) is 10.6. The third-order valence-corrected chi connectivity index (χ3v) is 26.2. The number of aliphatic hydroxyl groups is 1. The molecular formula is C58H104O9Si2. The van der Waals surface area contributed by atoms with E-state index in [2.05, 4.69) is 141 Å². The van der Waals surface area contributed by atoms with Gasteiger partial charge in [-0.3, -0.25) is 4.79 Å². The van der Waals surface area contributed by atoms with Crippen LogP contribution < -0.4 is 0 Å². The fourth-order valence-corrected chi connectivity index (χ4v) is 13.2. The van der Waals surface area contributed by atoms with Gasteiger partial charge in [-0.2, -0.15) is 0 Å². The molecule has 0 aromatic heterocycles. The van der Waals surface area contributed by atoms with Crippen LogP contribution in [0.15, 0.2) is 42.2 Å². The number of hydrogen-bond donors (Lipinski definition) is 1. The molecular weight excluding hydrogens is 897 g/mol. The largest absolute Gasteiger partial charge is 0.409 e. The summed E-state index contributed by atoms with van der Waals surface area (Å²) in [5.74, 6) is 1.66. The zero-order chi connectivity index (χ0) is 51.8. The summed E-state index contributed by atoms with van der Waals surface area (Å²) in [5.41, 5.74) is 5.40. The Morgan fingerprint density at radius 1 is 0.812 bits per heavy atom. The second-order valence-corrected chi connectivity index (χ2v) is 35.4. The van der Waals surface area contributed by atoms with Crippen molar-refractivity contribution < 1.29 is 42.4 Å². The lowest BCUT2D eigenvalue weighted by atomic mass is 9.83. The van der Waals surface area contributed by atoms with Crippen molar-refractivity contribution in [2.75, 3.05) is 7.11 Å². The van der Waals surface area contributed by atoms with Crippen LogP contribution in [0.1, 0.15) is 173 Å². The maximum Gasteiger partial charge on any atom is 0.192 e. The van der Waals surface area contributed by atoms with Crippen molar-refractivity contribution in [3.05, 3.63) is 42.2 Å². The van der Waals surface area contributed by atoms with Gasteiger partial charge in [0, 0.05) is 31.8 Å². The van der Waals surface area contributed by atoms with Gasteiger partial charge < -0.3 is 37.6 Å². The van der Waals surface area contributed by atoms with Gasteiger partial charge in [0.05, 0.1) is 61.0 Å². The fraction of sp³-hybridized carbons (Fsp3) is 0.862. The van der Waals surface area contributed by atoms with Crippen LogP contribution in [0.25, 0.3) is 0 Å². The Hall–Kier alpha value is -1.22. The van der Waals surface area contributed by atoms with Crippen LogP contribution in [0.3, 0.4) is 0 Å². The first-order chi connectivity index (χ1) is 32.0. The van der Waals surface area contributed by atoms with Crippen LogP contribution in [0.5, 0.6) is 0 Å². The van der Waals surface area contributed by atoms with E-state index in [1.165, 1.54) is 11.1 Å². The van der Waals surface area contributed by atoms with E-state index in [1.54, 1.807) is 7.11 Å². The highest BCUT2D eigenvalue weighted by Gasteiger charge is 2.56. The van der Waals surface area contributed by atoms with Crippen LogP contribution in [-0.2, 0) is 37.3 Å². The van der Waals surface area contributed by atoms with Crippen LogP contribution >= 0.6 is 0 Å². The van der Waals surface area contributed by atoms with Gasteiger partial charge in [0.2, 0.25) is 0 Å². The first kappa shape index (κ1) is 60.3. The molecule has 0 aliphatic carbocycles. The van der Waals surface area contributed by atoms with Crippen molar-refractivity contribution in [3.63, 3.8) is 0 Å². The molecule has 4 aliphatic rings. The van der Waals surface area contributed by atoms with E-state index in [0.29, 0.717) is 37.0 Å². The number of methoxy groups -OCH3 is 1. The van der Waals surface area contributed by atoms with Gasteiger partial charge in [0.25, 0.3) is 0 Å². The van der Waals surface area contributed by atoms with Crippen molar-refractivity contribution in [1.82, 2.24) is 0 Å². The number of rotatable bonds is 25. The summed E-state index contributed by atoms with van der Waals surface area (Å²) in [6, 6.07) is 0. The zero-order valence-corrected chi connectivity index (χ0v) is 49.3. The molecule has 2 unspecified atom stereocenters. The Kier molecular flexibility index (Phi) is 22.6. The highest BCUT2D eigenvalue weighted by atomic mass is 28.4. The van der Waals surface area contributed by atoms with Gasteiger partial charge >= 0.3 is 0 Å². The number of carbonyl (C=O) groups excluding carboxylic acids is 1. The van der Waals surface area contributed by atoms with Gasteiger partial charge in [0.15, 0.2) is 16.6 Å². The number of Topliss-reactive ketones (excluding diaryl/α,β-unsaturated/α-hetero) is 1. The quantitative estimate of drug-likeness (QED) is 0.0544. The molecule has 4 saturated heterocycles. The summed E-state index contributed by atoms with van der Waals surface area (Å²) in [6.45, 7) is 46.6. The van der Waals surface area contributed by atoms with Crippen molar-refractivity contribution >= 4 is 22.4 Å². The Labute approximate surface area is 425 Å². The molecule has 398 valence electrons. The molecule has 0 radical (unpaired) electrons. The molecule has 0 bridgehead atoms. The number of allylic oxidation sites excluding steroid dienone is 1. The standard InChI is InChI=1S/C58H104O9Si2/c1-21-38(5)32-40(7)23-29-48-42(9)34-45(62-48)27-26-43(59)25-24-41(8)52-55(66-68(17,18)57(10,11)12)56(67-69(19,20)58(13,14)15)54-49(65-52)30-28-46(63-54)35-44(60)36-47-50(31-37(3)4)64-51(53(47)61-16)33-39(6)22-2/h24-25,37,39-41,43,45-56,59H,1,9,22-23,26-36H2,2-8,10-20H3/b25-24+/t39-,40-,41-,43?,45?,46+,47-,48-,49-,50-,51+,52-,53+,54-,55+,56-/m0/s1. The first-order valence-electron chi connectivity index (χ1n) is 27.4. The summed E-state index contributed by atoms with van der Waals surface area (Å²) < 4.78 is 48.9. The maximum atomic E-state index is 14.3. The summed E-state index contributed by atoms with van der Waals surface area (Å²) in [6.07, 6.45) is 12.0. The minimum atomic E-state index is -2.40. The van der Waals surface area contributed by atoms with E-state index in [0.717, 1.165) is 64.2 Å². The molecule has 0 spiro atoms. The van der Waals surface area contributed by atoms with Crippen molar-refractivity contribution in [2.45, 2.75) is 283 Å². The van der Waals surface area contributed by atoms with Gasteiger partial charge in [-0.1, -0.05) is 115 Å². The van der Waals surface area contributed by atoms with Gasteiger partial charge in [-0.25, -0.2) is 0 Å². The highest BCUT2D eigenvalue weighted by molar-refractivity contribution is 6.74. The monoisotopic (exact) mass is 1000 g/mol. The molecule has 4 fully saturated rings. The van der Waals surface area contributed by atoms with Gasteiger partial charge in [-0.05, 0) is 136 Å². The molecule has 4 rings (SSSR count). The van der Waals surface area contributed by atoms with Gasteiger partial charge in [0.1, 0.15) is 18.0 Å². The lowest BCUT2D eigenvalue weighted by molar-refractivity contribution is -0.262. The van der Waals surface area contributed by atoms with E-state index in [1.807, 2.05) is 6.08 Å². The molecule has 4 aliphatic heterocycles. The molecule has 0 saturated carbocycles. The van der Waals surface area contributed by atoms with Crippen molar-refractivity contribution in [1.29, 1.82) is 0 Å². The van der Waals surface area contributed by atoms with E-state index in [4.69, 9.17) is 32.5 Å². The van der Waals surface area contributed by atoms with Crippen LogP contribution in [0.4, 0.5) is 0 Å². The molecule has 0 aromatic rings. The third kappa shape index (κ3) is 16.9. The molecule has 16 atom stereocenters. The van der Waals surface area contributed by atoms with Crippen LogP contribution in [0.2, 0.25) is 36.3 Å². The van der Waals surface area contributed by atoms with E-state index < -0.39 is 41.1 Å². The molecule has 11 heteroatoms. The van der Waals surface area contributed by atoms with Crippen molar-refractivity contribution in [2.24, 2.45) is 29.6 Å². The highest BCUT2D eigenvalue weighted by Crippen LogP contribution is 2.47. The number of hydrogen-bond acceptors (Lipinski definition) is 9. The normalized spacial score (nSPS) is 32.3. The maximum absolute atomic E-state index is 14.3. The minimum Gasteiger partial charge on any atom is -0.409 e. The Morgan fingerprint density at radius 3 is 2.03 bits per heavy atom. The zero-order valence-electron chi connectivity index (χ0n) is 47.3. The number of ether oxygens (including phenoxy) is 5. The molecule has 9 nitrogen and oxygen atoms in total. The average molecular weight is 1000 g/mol. The minimum absolute atomic E-state index is 0.00259. The van der Waals surface area contributed by atoms with E-state index in [9.17, 15) is 9.90 Å². The lowest BCUT2D eigenvalue weighted by Crippen LogP contribution is -2.67. The number of ketones is 1.